The third-order valence-electron chi connectivity index (χ3n) is 1.47. The SMILES string of the molecule is CCCCOC(=O)N(C)C(C)=O. The molecule has 2 amide bonds. The van der Waals surface area contributed by atoms with Crippen LogP contribution in [0.2, 0.25) is 0 Å². The molecule has 70 valence electrons. The Balaban J connectivity index is 3.65. The van der Waals surface area contributed by atoms with E-state index < -0.39 is 6.09 Å². The van der Waals surface area contributed by atoms with Crippen molar-refractivity contribution < 1.29 is 14.3 Å². The van der Waals surface area contributed by atoms with Gasteiger partial charge in [-0.2, -0.15) is 0 Å². The summed E-state index contributed by atoms with van der Waals surface area (Å²) in [6.45, 7) is 3.70. The van der Waals surface area contributed by atoms with Crippen molar-refractivity contribution in [2.45, 2.75) is 26.7 Å². The maximum absolute atomic E-state index is 10.9. The smallest absolute Gasteiger partial charge is 0.416 e. The minimum Gasteiger partial charge on any atom is -0.449 e. The van der Waals surface area contributed by atoms with Gasteiger partial charge in [-0.15, -0.1) is 0 Å². The molecule has 0 bridgehead atoms. The van der Waals surface area contributed by atoms with E-state index in [2.05, 4.69) is 0 Å². The Hall–Kier alpha value is -1.06. The van der Waals surface area contributed by atoms with E-state index in [0.717, 1.165) is 17.7 Å². The third-order valence-corrected chi connectivity index (χ3v) is 1.47. The van der Waals surface area contributed by atoms with Crippen LogP contribution in [-0.2, 0) is 9.53 Å². The summed E-state index contributed by atoms with van der Waals surface area (Å²) in [4.78, 5) is 22.5. The van der Waals surface area contributed by atoms with Crippen LogP contribution >= 0.6 is 0 Å². The second kappa shape index (κ2) is 5.57. The summed E-state index contributed by atoms with van der Waals surface area (Å²) in [7, 11) is 1.40. The number of carbonyl (C=O) groups excluding carboxylic acids is 2. The Kier molecular flexibility index (Phi) is 5.08. The Morgan fingerprint density at radius 1 is 1.42 bits per heavy atom. The Labute approximate surface area is 72.5 Å². The highest BCUT2D eigenvalue weighted by atomic mass is 16.6. The lowest BCUT2D eigenvalue weighted by atomic mass is 10.4. The number of nitrogens with zero attached hydrogens (tertiary/aromatic N) is 1. The fraction of sp³-hybridized carbons (Fsp3) is 0.750. The van der Waals surface area contributed by atoms with Crippen LogP contribution in [0.3, 0.4) is 0 Å². The van der Waals surface area contributed by atoms with Gasteiger partial charge in [0.05, 0.1) is 6.61 Å². The molecule has 0 aromatic rings. The lowest BCUT2D eigenvalue weighted by Crippen LogP contribution is -2.31. The normalized spacial score (nSPS) is 9.25. The lowest BCUT2D eigenvalue weighted by Gasteiger charge is -2.12. The van der Waals surface area contributed by atoms with Crippen molar-refractivity contribution in [1.29, 1.82) is 0 Å². The average Bonchev–Trinajstić information content (AvgIpc) is 2.03. The van der Waals surface area contributed by atoms with Crippen molar-refractivity contribution in [3.05, 3.63) is 0 Å². The van der Waals surface area contributed by atoms with Crippen LogP contribution in [0, 0.1) is 0 Å². The molecule has 0 rings (SSSR count). The molecule has 12 heavy (non-hydrogen) atoms. The number of imide groups is 1. The van der Waals surface area contributed by atoms with E-state index >= 15 is 0 Å². The fourth-order valence-corrected chi connectivity index (χ4v) is 0.529. The highest BCUT2D eigenvalue weighted by Gasteiger charge is 2.12. The zero-order chi connectivity index (χ0) is 9.56. The number of amides is 2. The molecule has 0 saturated carbocycles. The standard InChI is InChI=1S/C8H15NO3/c1-4-5-6-12-8(11)9(3)7(2)10/h4-6H2,1-3H3. The van der Waals surface area contributed by atoms with Crippen molar-refractivity contribution in [1.82, 2.24) is 4.90 Å². The van der Waals surface area contributed by atoms with Gasteiger partial charge in [-0.25, -0.2) is 4.79 Å². The van der Waals surface area contributed by atoms with Crippen LogP contribution in [0.15, 0.2) is 0 Å². The minimum absolute atomic E-state index is 0.309. The van der Waals surface area contributed by atoms with E-state index in [1.165, 1.54) is 14.0 Å². The topological polar surface area (TPSA) is 46.6 Å². The summed E-state index contributed by atoms with van der Waals surface area (Å²) in [5.74, 6) is -0.309. The highest BCUT2D eigenvalue weighted by Crippen LogP contribution is 1.94. The van der Waals surface area contributed by atoms with Crippen molar-refractivity contribution >= 4 is 12.0 Å². The van der Waals surface area contributed by atoms with Gasteiger partial charge in [-0.3, -0.25) is 9.69 Å². The van der Waals surface area contributed by atoms with Crippen molar-refractivity contribution in [2.24, 2.45) is 0 Å². The van der Waals surface area contributed by atoms with Gasteiger partial charge in [0.25, 0.3) is 0 Å². The predicted molar refractivity (Wildman–Crippen MR) is 44.7 cm³/mol. The molecule has 0 spiro atoms. The van der Waals surface area contributed by atoms with Gasteiger partial charge in [0, 0.05) is 14.0 Å². The largest absolute Gasteiger partial charge is 0.449 e. The predicted octanol–water partition coefficient (Wildman–Crippen LogP) is 1.40. The number of rotatable bonds is 3. The second-order valence-electron chi connectivity index (χ2n) is 2.55. The molecule has 0 aromatic carbocycles. The molecule has 0 fully saturated rings. The summed E-state index contributed by atoms with van der Waals surface area (Å²) >= 11 is 0. The molecule has 0 N–H and O–H groups in total. The van der Waals surface area contributed by atoms with E-state index in [4.69, 9.17) is 4.74 Å². The average molecular weight is 173 g/mol. The van der Waals surface area contributed by atoms with Gasteiger partial charge < -0.3 is 4.74 Å². The first-order valence-corrected chi connectivity index (χ1v) is 4.00. The van der Waals surface area contributed by atoms with Crippen molar-refractivity contribution in [3.8, 4) is 0 Å². The van der Waals surface area contributed by atoms with E-state index in [1.807, 2.05) is 6.92 Å². The lowest BCUT2D eigenvalue weighted by molar-refractivity contribution is -0.126. The fourth-order valence-electron chi connectivity index (χ4n) is 0.529. The van der Waals surface area contributed by atoms with Gasteiger partial charge in [0.15, 0.2) is 0 Å². The molecule has 0 radical (unpaired) electrons. The maximum Gasteiger partial charge on any atom is 0.416 e. The number of ether oxygens (including phenoxy) is 1. The van der Waals surface area contributed by atoms with Gasteiger partial charge in [0.2, 0.25) is 5.91 Å². The minimum atomic E-state index is -0.573. The molecule has 0 aromatic heterocycles. The number of carbonyl (C=O) groups is 2. The van der Waals surface area contributed by atoms with Gasteiger partial charge in [-0.05, 0) is 6.42 Å². The molecule has 0 aliphatic carbocycles. The monoisotopic (exact) mass is 173 g/mol. The summed E-state index contributed by atoms with van der Waals surface area (Å²) in [6.07, 6.45) is 1.23. The Morgan fingerprint density at radius 2 is 2.00 bits per heavy atom. The van der Waals surface area contributed by atoms with Gasteiger partial charge >= 0.3 is 6.09 Å². The van der Waals surface area contributed by atoms with E-state index in [9.17, 15) is 9.59 Å². The van der Waals surface area contributed by atoms with Crippen molar-refractivity contribution in [2.75, 3.05) is 13.7 Å². The Bertz CT molecular complexity index is 168. The van der Waals surface area contributed by atoms with Gasteiger partial charge in [-0.1, -0.05) is 13.3 Å². The summed E-state index contributed by atoms with van der Waals surface area (Å²) in [5, 5.41) is 0. The van der Waals surface area contributed by atoms with Crippen LogP contribution in [0.25, 0.3) is 0 Å². The highest BCUT2D eigenvalue weighted by molar-refractivity contribution is 5.89. The first-order chi connectivity index (χ1) is 5.59. The van der Waals surface area contributed by atoms with Gasteiger partial charge in [0.1, 0.15) is 0 Å². The molecular weight excluding hydrogens is 158 g/mol. The zero-order valence-electron chi connectivity index (χ0n) is 7.79. The summed E-state index contributed by atoms with van der Waals surface area (Å²) in [5.41, 5.74) is 0. The quantitative estimate of drug-likeness (QED) is 0.606. The molecule has 4 nitrogen and oxygen atoms in total. The van der Waals surface area contributed by atoms with E-state index in [-0.39, 0.29) is 5.91 Å². The van der Waals surface area contributed by atoms with Crippen LogP contribution in [0.4, 0.5) is 4.79 Å². The van der Waals surface area contributed by atoms with Crippen molar-refractivity contribution in [3.63, 3.8) is 0 Å². The number of hydrogen-bond donors (Lipinski definition) is 0. The first kappa shape index (κ1) is 10.9. The maximum atomic E-state index is 10.9. The molecule has 0 unspecified atom stereocenters. The molecular formula is C8H15NO3. The number of unbranched alkanes of at least 4 members (excludes halogenated alkanes) is 1. The number of hydrogen-bond acceptors (Lipinski definition) is 3. The summed E-state index contributed by atoms with van der Waals surface area (Å²) < 4.78 is 4.77. The molecule has 4 heteroatoms. The van der Waals surface area contributed by atoms with Crippen LogP contribution in [0.1, 0.15) is 26.7 Å². The molecule has 0 aliphatic rings. The Morgan fingerprint density at radius 3 is 2.42 bits per heavy atom. The molecule has 0 heterocycles. The van der Waals surface area contributed by atoms with Crippen LogP contribution in [0.5, 0.6) is 0 Å². The molecule has 0 aliphatic heterocycles. The third kappa shape index (κ3) is 3.95. The van der Waals surface area contributed by atoms with Crippen LogP contribution in [-0.4, -0.2) is 30.6 Å². The molecule has 0 atom stereocenters. The van der Waals surface area contributed by atoms with E-state index in [0.29, 0.717) is 6.61 Å². The second-order valence-corrected chi connectivity index (χ2v) is 2.55. The first-order valence-electron chi connectivity index (χ1n) is 4.00. The van der Waals surface area contributed by atoms with E-state index in [1.54, 1.807) is 0 Å². The zero-order valence-corrected chi connectivity index (χ0v) is 7.79. The van der Waals surface area contributed by atoms with Crippen LogP contribution < -0.4 is 0 Å². The molecule has 0 saturated heterocycles. The summed E-state index contributed by atoms with van der Waals surface area (Å²) in [6, 6.07) is 0.